The van der Waals surface area contributed by atoms with Crippen molar-refractivity contribution >= 4 is 17.4 Å². The molecule has 0 fully saturated rings. The molecule has 1 aliphatic heterocycles. The van der Waals surface area contributed by atoms with Gasteiger partial charge in [0.2, 0.25) is 5.75 Å². The molecule has 0 unspecified atom stereocenters. The second-order valence-electron chi connectivity index (χ2n) is 6.77. The van der Waals surface area contributed by atoms with Gasteiger partial charge in [0, 0.05) is 6.07 Å². The fourth-order valence-electron chi connectivity index (χ4n) is 3.90. The van der Waals surface area contributed by atoms with Gasteiger partial charge in [0.15, 0.2) is 11.5 Å². The fourth-order valence-corrected chi connectivity index (χ4v) is 3.90. The summed E-state index contributed by atoms with van der Waals surface area (Å²) in [5.41, 5.74) is 2.37. The number of carbonyl (C=O) groups excluding carboxylic acids is 2. The summed E-state index contributed by atoms with van der Waals surface area (Å²) in [4.78, 5) is 27.8. The maximum atomic E-state index is 13.3. The number of nitrogens with zero attached hydrogens (tertiary/aromatic N) is 1. The molecule has 0 aromatic heterocycles. The van der Waals surface area contributed by atoms with Crippen molar-refractivity contribution in [1.29, 1.82) is 0 Å². The van der Waals surface area contributed by atoms with Crippen molar-refractivity contribution in [1.82, 2.24) is 0 Å². The summed E-state index contributed by atoms with van der Waals surface area (Å²) >= 11 is 0. The van der Waals surface area contributed by atoms with E-state index in [1.165, 1.54) is 26.2 Å². The zero-order valence-corrected chi connectivity index (χ0v) is 16.9. The van der Waals surface area contributed by atoms with Crippen LogP contribution in [0.1, 0.15) is 27.5 Å². The van der Waals surface area contributed by atoms with Gasteiger partial charge in [-0.2, -0.15) is 0 Å². The molecule has 4 rings (SSSR count). The monoisotopic (exact) mass is 403 g/mol. The fraction of sp³-hybridized carbons (Fsp3) is 0.167. The number of hydrogen-bond acceptors (Lipinski definition) is 5. The number of amides is 1. The van der Waals surface area contributed by atoms with Crippen LogP contribution in [0.15, 0.2) is 66.7 Å². The minimum atomic E-state index is -0.639. The lowest BCUT2D eigenvalue weighted by Gasteiger charge is -2.29. The lowest BCUT2D eigenvalue weighted by Crippen LogP contribution is -2.34. The van der Waals surface area contributed by atoms with Crippen molar-refractivity contribution in [3.63, 3.8) is 0 Å². The van der Waals surface area contributed by atoms with E-state index in [0.717, 1.165) is 11.1 Å². The molecule has 152 valence electrons. The Labute approximate surface area is 174 Å². The molecule has 6 heteroatoms. The highest BCUT2D eigenvalue weighted by molar-refractivity contribution is 6.53. The summed E-state index contributed by atoms with van der Waals surface area (Å²) in [6.45, 7) is 0. The second-order valence-corrected chi connectivity index (χ2v) is 6.77. The third kappa shape index (κ3) is 2.97. The van der Waals surface area contributed by atoms with Crippen molar-refractivity contribution in [2.24, 2.45) is 0 Å². The quantitative estimate of drug-likeness (QED) is 0.582. The molecule has 0 atom stereocenters. The summed E-state index contributed by atoms with van der Waals surface area (Å²) in [6.07, 6.45) is 0. The van der Waals surface area contributed by atoms with Gasteiger partial charge >= 0.3 is 0 Å². The van der Waals surface area contributed by atoms with Crippen LogP contribution in [0.25, 0.3) is 0 Å². The summed E-state index contributed by atoms with van der Waals surface area (Å²) in [5.74, 6) is -0.429. The van der Waals surface area contributed by atoms with Crippen LogP contribution in [0.2, 0.25) is 0 Å². The van der Waals surface area contributed by atoms with Gasteiger partial charge in [-0.1, -0.05) is 60.7 Å². The van der Waals surface area contributed by atoms with Crippen molar-refractivity contribution in [2.75, 3.05) is 26.2 Å². The van der Waals surface area contributed by atoms with Gasteiger partial charge in [-0.05, 0) is 11.1 Å². The van der Waals surface area contributed by atoms with Crippen LogP contribution in [-0.4, -0.2) is 33.0 Å². The van der Waals surface area contributed by atoms with Gasteiger partial charge in [-0.15, -0.1) is 0 Å². The largest absolute Gasteiger partial charge is 0.493 e. The first-order valence-electron chi connectivity index (χ1n) is 9.43. The van der Waals surface area contributed by atoms with E-state index >= 15 is 0 Å². The number of ketones is 1. The lowest BCUT2D eigenvalue weighted by molar-refractivity contribution is -0.114. The number of fused-ring (bicyclic) bond motifs is 1. The molecule has 0 aliphatic carbocycles. The Morgan fingerprint density at radius 3 is 1.73 bits per heavy atom. The molecule has 6 nitrogen and oxygen atoms in total. The Kier molecular flexibility index (Phi) is 5.14. The predicted molar refractivity (Wildman–Crippen MR) is 113 cm³/mol. The molecule has 1 heterocycles. The average Bonchev–Trinajstić information content (AvgIpc) is 3.04. The number of hydrogen-bond donors (Lipinski definition) is 0. The van der Waals surface area contributed by atoms with Crippen molar-refractivity contribution < 1.29 is 23.8 Å². The van der Waals surface area contributed by atoms with Crippen molar-refractivity contribution in [3.8, 4) is 17.2 Å². The molecule has 0 bridgehead atoms. The number of methoxy groups -OCH3 is 3. The van der Waals surface area contributed by atoms with E-state index in [-0.39, 0.29) is 17.1 Å². The number of carbonyl (C=O) groups is 2. The number of rotatable bonds is 6. The normalized spacial score (nSPS) is 12.9. The highest BCUT2D eigenvalue weighted by Gasteiger charge is 2.45. The average molecular weight is 403 g/mol. The molecule has 1 amide bonds. The molecular weight excluding hydrogens is 382 g/mol. The van der Waals surface area contributed by atoms with Crippen LogP contribution in [0.3, 0.4) is 0 Å². The summed E-state index contributed by atoms with van der Waals surface area (Å²) in [6, 6.07) is 20.3. The Hall–Kier alpha value is -3.80. The van der Waals surface area contributed by atoms with Crippen LogP contribution in [0.4, 0.5) is 5.69 Å². The van der Waals surface area contributed by atoms with Crippen LogP contribution < -0.4 is 19.1 Å². The van der Waals surface area contributed by atoms with Crippen LogP contribution >= 0.6 is 0 Å². The van der Waals surface area contributed by atoms with Crippen LogP contribution in [0.5, 0.6) is 17.2 Å². The molecule has 0 N–H and O–H groups in total. The van der Waals surface area contributed by atoms with Crippen molar-refractivity contribution in [2.45, 2.75) is 6.04 Å². The van der Waals surface area contributed by atoms with Crippen LogP contribution in [0, 0.1) is 0 Å². The van der Waals surface area contributed by atoms with Gasteiger partial charge < -0.3 is 14.2 Å². The number of ether oxygens (including phenoxy) is 3. The highest BCUT2D eigenvalue weighted by atomic mass is 16.5. The SMILES string of the molecule is COc1cc2c(c(OC)c1OC)C(=O)C(=O)N2C(c1ccccc1)c1ccccc1. The molecule has 0 radical (unpaired) electrons. The maximum absolute atomic E-state index is 13.3. The first-order chi connectivity index (χ1) is 14.6. The van der Waals surface area contributed by atoms with Crippen LogP contribution in [-0.2, 0) is 4.79 Å². The van der Waals surface area contributed by atoms with E-state index in [4.69, 9.17) is 14.2 Å². The number of benzene rings is 3. The Bertz CT molecular complexity index is 1060. The second kappa shape index (κ2) is 7.91. The lowest BCUT2D eigenvalue weighted by atomic mass is 9.97. The van der Waals surface area contributed by atoms with E-state index in [1.54, 1.807) is 6.07 Å². The van der Waals surface area contributed by atoms with E-state index in [9.17, 15) is 9.59 Å². The van der Waals surface area contributed by atoms with E-state index < -0.39 is 17.7 Å². The Morgan fingerprint density at radius 2 is 1.27 bits per heavy atom. The minimum absolute atomic E-state index is 0.178. The Balaban J connectivity index is 1.99. The van der Waals surface area contributed by atoms with Gasteiger partial charge in [0.05, 0.1) is 38.6 Å². The maximum Gasteiger partial charge on any atom is 0.300 e. The topological polar surface area (TPSA) is 65.1 Å². The molecule has 0 saturated carbocycles. The molecule has 3 aromatic rings. The molecule has 3 aromatic carbocycles. The van der Waals surface area contributed by atoms with Gasteiger partial charge in [0.1, 0.15) is 0 Å². The Morgan fingerprint density at radius 1 is 0.733 bits per heavy atom. The molecule has 0 saturated heterocycles. The molecular formula is C24H21NO5. The summed E-state index contributed by atoms with van der Waals surface area (Å²) in [5, 5.41) is 0. The molecule has 1 aliphatic rings. The van der Waals surface area contributed by atoms with E-state index in [1.807, 2.05) is 60.7 Å². The van der Waals surface area contributed by atoms with Gasteiger partial charge in [0.25, 0.3) is 11.7 Å². The molecule has 0 spiro atoms. The highest BCUT2D eigenvalue weighted by Crippen LogP contribution is 2.50. The number of anilines is 1. The summed E-state index contributed by atoms with van der Waals surface area (Å²) < 4.78 is 16.3. The van der Waals surface area contributed by atoms with Crippen molar-refractivity contribution in [3.05, 3.63) is 83.4 Å². The standard InChI is InChI=1S/C24H21NO5/c1-28-18-14-17-19(23(30-3)22(18)29-2)21(26)24(27)25(17)20(15-10-6-4-7-11-15)16-12-8-5-9-13-16/h4-14,20H,1-3H3. The minimum Gasteiger partial charge on any atom is -0.493 e. The zero-order chi connectivity index (χ0) is 21.3. The first-order valence-corrected chi connectivity index (χ1v) is 9.43. The van der Waals surface area contributed by atoms with Gasteiger partial charge in [-0.25, -0.2) is 0 Å². The van der Waals surface area contributed by atoms with E-state index in [2.05, 4.69) is 0 Å². The third-order valence-electron chi connectivity index (χ3n) is 5.20. The zero-order valence-electron chi connectivity index (χ0n) is 16.9. The third-order valence-corrected chi connectivity index (χ3v) is 5.20. The van der Waals surface area contributed by atoms with E-state index in [0.29, 0.717) is 11.4 Å². The predicted octanol–water partition coefficient (Wildman–Crippen LogP) is 4.03. The van der Waals surface area contributed by atoms with Gasteiger partial charge in [-0.3, -0.25) is 14.5 Å². The smallest absolute Gasteiger partial charge is 0.300 e. The number of Topliss-reactive ketones (excluding diaryl/α,β-unsaturated/α-hetero) is 1. The summed E-state index contributed by atoms with van der Waals surface area (Å²) in [7, 11) is 4.39. The molecule has 30 heavy (non-hydrogen) atoms. The first kappa shape index (κ1) is 19.5.